The fourth-order valence-electron chi connectivity index (χ4n) is 2.03. The predicted octanol–water partition coefficient (Wildman–Crippen LogP) is 2.90. The molecule has 1 aliphatic rings. The topological polar surface area (TPSA) is 55.4 Å². The Morgan fingerprint density at radius 2 is 2.00 bits per heavy atom. The number of benzene rings is 1. The van der Waals surface area contributed by atoms with E-state index in [1.165, 1.54) is 0 Å². The molecule has 4 nitrogen and oxygen atoms in total. The first-order chi connectivity index (χ1) is 8.77. The van der Waals surface area contributed by atoms with Gasteiger partial charge >= 0.3 is 10.3 Å². The van der Waals surface area contributed by atoms with Crippen molar-refractivity contribution in [2.24, 2.45) is 0 Å². The van der Waals surface area contributed by atoms with E-state index in [0.29, 0.717) is 6.42 Å². The molecule has 1 aromatic carbocycles. The lowest BCUT2D eigenvalue weighted by molar-refractivity contribution is 0.313. The van der Waals surface area contributed by atoms with Crippen LogP contribution >= 0.6 is 34.8 Å². The summed E-state index contributed by atoms with van der Waals surface area (Å²) in [6.07, 6.45) is 1.52. The number of hydrogen-bond acceptors (Lipinski definition) is 3. The van der Waals surface area contributed by atoms with Crippen molar-refractivity contribution in [3.63, 3.8) is 0 Å². The zero-order valence-corrected chi connectivity index (χ0v) is 12.9. The van der Waals surface area contributed by atoms with Crippen molar-refractivity contribution in [1.29, 1.82) is 0 Å². The number of halogens is 3. The van der Waals surface area contributed by atoms with Crippen LogP contribution in [-0.2, 0) is 20.9 Å². The monoisotopic (exact) mass is 343 g/mol. The van der Waals surface area contributed by atoms with Crippen LogP contribution in [0, 0.1) is 0 Å². The van der Waals surface area contributed by atoms with Crippen molar-refractivity contribution in [1.82, 2.24) is 4.72 Å². The lowest BCUT2D eigenvalue weighted by Gasteiger charge is -2.16. The van der Waals surface area contributed by atoms with Gasteiger partial charge in [0, 0.05) is 6.04 Å². The van der Waals surface area contributed by atoms with Crippen LogP contribution in [0.4, 0.5) is 0 Å². The molecule has 0 heterocycles. The molecule has 1 aromatic rings. The van der Waals surface area contributed by atoms with Crippen molar-refractivity contribution < 1.29 is 12.6 Å². The Hall–Kier alpha value is -0.0400. The Labute approximate surface area is 127 Å². The van der Waals surface area contributed by atoms with Gasteiger partial charge in [0.2, 0.25) is 3.79 Å². The van der Waals surface area contributed by atoms with Crippen molar-refractivity contribution >= 4 is 45.1 Å². The molecule has 106 valence electrons. The SMILES string of the molecule is O=S(=O)(N[C@H]1CCc2ccccc21)OCC(Cl)(Cl)Cl. The summed E-state index contributed by atoms with van der Waals surface area (Å²) in [5.74, 6) is 0. The van der Waals surface area contributed by atoms with Gasteiger partial charge in [-0.15, -0.1) is 0 Å². The highest BCUT2D eigenvalue weighted by Gasteiger charge is 2.29. The molecule has 0 bridgehead atoms. The summed E-state index contributed by atoms with van der Waals surface area (Å²) >= 11 is 16.4. The standard InChI is InChI=1S/C11H12Cl3NO3S/c12-11(13,14)7-18-19(16,17)15-10-6-5-8-3-1-2-4-9(8)10/h1-4,10,15H,5-7H2/t10-/m0/s1. The number of hydrogen-bond donors (Lipinski definition) is 1. The Morgan fingerprint density at radius 1 is 1.32 bits per heavy atom. The lowest BCUT2D eigenvalue weighted by atomic mass is 10.1. The molecule has 1 atom stereocenters. The fourth-order valence-corrected chi connectivity index (χ4v) is 3.38. The normalized spacial score (nSPS) is 19.4. The van der Waals surface area contributed by atoms with E-state index in [9.17, 15) is 8.42 Å². The minimum absolute atomic E-state index is 0.295. The minimum Gasteiger partial charge on any atom is -0.254 e. The molecule has 0 aromatic heterocycles. The lowest BCUT2D eigenvalue weighted by Crippen LogP contribution is -2.31. The number of fused-ring (bicyclic) bond motifs is 1. The Balaban J connectivity index is 2.02. The van der Waals surface area contributed by atoms with Crippen molar-refractivity contribution in [3.8, 4) is 0 Å². The highest BCUT2D eigenvalue weighted by Crippen LogP contribution is 2.32. The molecule has 0 spiro atoms. The second kappa shape index (κ2) is 5.76. The molecular formula is C11H12Cl3NO3S. The van der Waals surface area contributed by atoms with Crippen molar-refractivity contribution in [2.45, 2.75) is 22.7 Å². The van der Waals surface area contributed by atoms with Crippen LogP contribution in [-0.4, -0.2) is 18.8 Å². The largest absolute Gasteiger partial charge is 0.336 e. The molecule has 0 saturated carbocycles. The van der Waals surface area contributed by atoms with Gasteiger partial charge in [0.1, 0.15) is 6.61 Å². The second-order valence-corrected chi connectivity index (χ2v) is 8.14. The molecule has 2 rings (SSSR count). The van der Waals surface area contributed by atoms with Crippen LogP contribution in [0.5, 0.6) is 0 Å². The summed E-state index contributed by atoms with van der Waals surface area (Å²) in [7, 11) is -3.94. The number of rotatable bonds is 4. The van der Waals surface area contributed by atoms with Crippen LogP contribution in [0.3, 0.4) is 0 Å². The maximum atomic E-state index is 11.7. The van der Waals surface area contributed by atoms with Crippen molar-refractivity contribution in [3.05, 3.63) is 35.4 Å². The summed E-state index contributed by atoms with van der Waals surface area (Å²) in [6.45, 7) is -0.526. The molecule has 0 radical (unpaired) electrons. The summed E-state index contributed by atoms with van der Waals surface area (Å²) in [5, 5.41) is 0. The van der Waals surface area contributed by atoms with Gasteiger partial charge in [-0.25, -0.2) is 0 Å². The number of aryl methyl sites for hydroxylation is 1. The minimum atomic E-state index is -3.94. The average molecular weight is 345 g/mol. The Morgan fingerprint density at radius 3 is 2.68 bits per heavy atom. The molecule has 8 heteroatoms. The Kier molecular flexibility index (Phi) is 4.65. The van der Waals surface area contributed by atoms with Crippen LogP contribution in [0.2, 0.25) is 0 Å². The summed E-state index contributed by atoms with van der Waals surface area (Å²) in [6, 6.07) is 7.37. The maximum Gasteiger partial charge on any atom is 0.336 e. The quantitative estimate of drug-likeness (QED) is 0.855. The summed E-state index contributed by atoms with van der Waals surface area (Å²) in [4.78, 5) is 0. The van der Waals surface area contributed by atoms with Gasteiger partial charge in [-0.1, -0.05) is 59.1 Å². The second-order valence-electron chi connectivity index (χ2n) is 4.24. The number of alkyl halides is 3. The van der Waals surface area contributed by atoms with Gasteiger partial charge in [-0.05, 0) is 24.0 Å². The molecule has 0 saturated heterocycles. The third kappa shape index (κ3) is 4.48. The van der Waals surface area contributed by atoms with E-state index in [-0.39, 0.29) is 6.04 Å². The van der Waals surface area contributed by atoms with Crippen molar-refractivity contribution in [2.75, 3.05) is 6.61 Å². The van der Waals surface area contributed by atoms with Gasteiger partial charge < -0.3 is 0 Å². The zero-order chi connectivity index (χ0) is 14.1. The highest BCUT2D eigenvalue weighted by atomic mass is 35.6. The fraction of sp³-hybridized carbons (Fsp3) is 0.455. The van der Waals surface area contributed by atoms with Gasteiger partial charge in [0.05, 0.1) is 0 Å². The molecular weight excluding hydrogens is 333 g/mol. The van der Waals surface area contributed by atoms with Gasteiger partial charge in [-0.2, -0.15) is 13.1 Å². The van der Waals surface area contributed by atoms with E-state index in [0.717, 1.165) is 17.5 Å². The summed E-state index contributed by atoms with van der Waals surface area (Å²) < 4.78 is 28.8. The third-order valence-corrected chi connectivity index (χ3v) is 4.13. The first-order valence-electron chi connectivity index (χ1n) is 5.58. The van der Waals surface area contributed by atoms with E-state index in [1.807, 2.05) is 24.3 Å². The molecule has 0 unspecified atom stereocenters. The van der Waals surface area contributed by atoms with E-state index in [4.69, 9.17) is 34.8 Å². The molecule has 1 aliphatic carbocycles. The maximum absolute atomic E-state index is 11.7. The molecule has 0 fully saturated rings. The van der Waals surface area contributed by atoms with E-state index in [1.54, 1.807) is 0 Å². The average Bonchev–Trinajstić information content (AvgIpc) is 2.69. The van der Waals surface area contributed by atoms with Gasteiger partial charge in [-0.3, -0.25) is 4.18 Å². The van der Waals surface area contributed by atoms with Gasteiger partial charge in [0.15, 0.2) is 0 Å². The summed E-state index contributed by atoms with van der Waals surface area (Å²) in [5.41, 5.74) is 2.10. The first kappa shape index (κ1) is 15.4. The number of nitrogens with one attached hydrogen (secondary N) is 1. The third-order valence-electron chi connectivity index (χ3n) is 2.80. The van der Waals surface area contributed by atoms with E-state index in [2.05, 4.69) is 8.91 Å². The van der Waals surface area contributed by atoms with Crippen LogP contribution < -0.4 is 4.72 Å². The molecule has 19 heavy (non-hydrogen) atoms. The smallest absolute Gasteiger partial charge is 0.254 e. The van der Waals surface area contributed by atoms with Crippen LogP contribution in [0.15, 0.2) is 24.3 Å². The molecule has 1 N–H and O–H groups in total. The first-order valence-corrected chi connectivity index (χ1v) is 8.12. The highest BCUT2D eigenvalue weighted by molar-refractivity contribution is 7.84. The van der Waals surface area contributed by atoms with E-state index >= 15 is 0 Å². The zero-order valence-electron chi connectivity index (χ0n) is 9.77. The van der Waals surface area contributed by atoms with E-state index < -0.39 is 20.7 Å². The predicted molar refractivity (Wildman–Crippen MR) is 75.8 cm³/mol. The Bertz CT molecular complexity index is 557. The molecule has 0 aliphatic heterocycles. The van der Waals surface area contributed by atoms with Gasteiger partial charge in [0.25, 0.3) is 0 Å². The van der Waals surface area contributed by atoms with Crippen LogP contribution in [0.25, 0.3) is 0 Å². The molecule has 0 amide bonds. The van der Waals surface area contributed by atoms with Crippen LogP contribution in [0.1, 0.15) is 23.6 Å².